The summed E-state index contributed by atoms with van der Waals surface area (Å²) < 4.78 is 56.0. The van der Waals surface area contributed by atoms with Crippen molar-refractivity contribution in [1.82, 2.24) is 0 Å². The van der Waals surface area contributed by atoms with Gasteiger partial charge in [-0.3, -0.25) is 4.79 Å². The van der Waals surface area contributed by atoms with Crippen molar-refractivity contribution in [2.75, 3.05) is 13.2 Å². The van der Waals surface area contributed by atoms with E-state index in [1.165, 1.54) is 6.07 Å². The summed E-state index contributed by atoms with van der Waals surface area (Å²) in [4.78, 5) is 9.98. The van der Waals surface area contributed by atoms with E-state index in [2.05, 4.69) is 4.74 Å². The van der Waals surface area contributed by atoms with E-state index in [0.29, 0.717) is 28.7 Å². The molecule has 8 heteroatoms. The van der Waals surface area contributed by atoms with Crippen molar-refractivity contribution in [3.63, 3.8) is 0 Å². The Hall–Kier alpha value is -2.09. The molecule has 0 spiro atoms. The molecule has 0 saturated carbocycles. The lowest BCUT2D eigenvalue weighted by atomic mass is 10.1. The first-order valence-corrected chi connectivity index (χ1v) is 8.60. The van der Waals surface area contributed by atoms with Gasteiger partial charge < -0.3 is 13.9 Å². The molecule has 4 nitrogen and oxygen atoms in total. The van der Waals surface area contributed by atoms with Crippen LogP contribution in [-0.2, 0) is 16.0 Å². The van der Waals surface area contributed by atoms with E-state index in [9.17, 15) is 18.0 Å². The Labute approximate surface area is 153 Å². The molecule has 0 fully saturated rings. The van der Waals surface area contributed by atoms with Gasteiger partial charge in [-0.25, -0.2) is 13.2 Å². The third-order valence-electron chi connectivity index (χ3n) is 3.82. The number of carbonyl (C=O) groups is 1. The van der Waals surface area contributed by atoms with E-state index in [4.69, 9.17) is 21.4 Å². The number of halogens is 3. The number of benzene rings is 1. The van der Waals surface area contributed by atoms with Crippen molar-refractivity contribution in [3.8, 4) is 5.75 Å². The van der Waals surface area contributed by atoms with Crippen LogP contribution in [0.2, 0.25) is 0 Å². The molecule has 0 N–H and O–H groups in total. The van der Waals surface area contributed by atoms with Crippen LogP contribution in [0, 0.1) is 10.5 Å². The van der Waals surface area contributed by atoms with E-state index >= 15 is 0 Å². The van der Waals surface area contributed by atoms with Gasteiger partial charge in [0.1, 0.15) is 11.3 Å². The topological polar surface area (TPSA) is 48.7 Å². The quantitative estimate of drug-likeness (QED) is 0.317. The van der Waals surface area contributed by atoms with Gasteiger partial charge in [-0.05, 0) is 30.8 Å². The molecule has 26 heavy (non-hydrogen) atoms. The third-order valence-corrected chi connectivity index (χ3v) is 4.08. The Morgan fingerprint density at radius 2 is 2.00 bits per heavy atom. The minimum Gasteiger partial charge on any atom is -0.493 e. The molecule has 0 radical (unpaired) electrons. The van der Waals surface area contributed by atoms with Crippen molar-refractivity contribution in [3.05, 3.63) is 34.3 Å². The molecule has 0 bridgehead atoms. The number of hydrogen-bond acceptors (Lipinski definition) is 5. The lowest BCUT2D eigenvalue weighted by Crippen LogP contribution is -2.22. The number of alkyl halides is 2. The standard InChI is InChI=1S/C18H19F3O4S/c1-2-3-14-13-5-4-12(10-15(13)25-17(26)16(14)19)24-9-7-18(20,21)6-8-23-11-22/h4-5,10-11H,2-3,6-9H2,1H3. The van der Waals surface area contributed by atoms with E-state index in [0.717, 1.165) is 6.42 Å². The van der Waals surface area contributed by atoms with E-state index in [1.807, 2.05) is 6.92 Å². The summed E-state index contributed by atoms with van der Waals surface area (Å²) in [7, 11) is 0. The maximum absolute atomic E-state index is 14.1. The summed E-state index contributed by atoms with van der Waals surface area (Å²) in [6.45, 7) is 1.48. The first-order valence-electron chi connectivity index (χ1n) is 8.19. The van der Waals surface area contributed by atoms with Crippen molar-refractivity contribution in [2.45, 2.75) is 38.5 Å². The van der Waals surface area contributed by atoms with Gasteiger partial charge in [0.25, 0.3) is 12.4 Å². The van der Waals surface area contributed by atoms with Crippen LogP contribution in [0.15, 0.2) is 22.6 Å². The molecule has 142 valence electrons. The van der Waals surface area contributed by atoms with Crippen molar-refractivity contribution >= 4 is 29.7 Å². The van der Waals surface area contributed by atoms with Gasteiger partial charge in [0, 0.05) is 29.9 Å². The van der Waals surface area contributed by atoms with Gasteiger partial charge in [-0.1, -0.05) is 13.3 Å². The number of hydrogen-bond donors (Lipinski definition) is 0. The Bertz CT molecular complexity index is 820. The summed E-state index contributed by atoms with van der Waals surface area (Å²) in [6, 6.07) is 4.72. The predicted molar refractivity (Wildman–Crippen MR) is 92.7 cm³/mol. The first-order chi connectivity index (χ1) is 12.4. The molecule has 0 atom stereocenters. The van der Waals surface area contributed by atoms with Gasteiger partial charge in [0.05, 0.1) is 13.2 Å². The average molecular weight is 388 g/mol. The number of aryl methyl sites for hydroxylation is 1. The molecule has 2 rings (SSSR count). The van der Waals surface area contributed by atoms with E-state index in [1.54, 1.807) is 12.1 Å². The highest BCUT2D eigenvalue weighted by Crippen LogP contribution is 2.29. The Morgan fingerprint density at radius 3 is 2.69 bits per heavy atom. The van der Waals surface area contributed by atoms with E-state index < -0.39 is 24.6 Å². The van der Waals surface area contributed by atoms with Gasteiger partial charge >= 0.3 is 0 Å². The monoisotopic (exact) mass is 388 g/mol. The SMILES string of the molecule is CCCc1c(F)c(=S)oc2cc(OCCC(F)(F)CCOC=O)ccc12. The lowest BCUT2D eigenvalue weighted by molar-refractivity contribution is -0.131. The Morgan fingerprint density at radius 1 is 1.27 bits per heavy atom. The highest BCUT2D eigenvalue weighted by Gasteiger charge is 2.28. The van der Waals surface area contributed by atoms with Gasteiger partial charge in [-0.2, -0.15) is 0 Å². The van der Waals surface area contributed by atoms with Crippen LogP contribution in [0.5, 0.6) is 5.75 Å². The molecular weight excluding hydrogens is 369 g/mol. The van der Waals surface area contributed by atoms with Crippen LogP contribution < -0.4 is 4.74 Å². The number of rotatable bonds is 10. The molecule has 1 aromatic heterocycles. The normalized spacial score (nSPS) is 11.5. The fraction of sp³-hybridized carbons (Fsp3) is 0.444. The second kappa shape index (κ2) is 9.02. The van der Waals surface area contributed by atoms with Crippen LogP contribution in [0.3, 0.4) is 0 Å². The molecule has 0 aliphatic rings. The minimum absolute atomic E-state index is 0.133. The highest BCUT2D eigenvalue weighted by molar-refractivity contribution is 7.71. The largest absolute Gasteiger partial charge is 0.493 e. The number of fused-ring (bicyclic) bond motifs is 1. The zero-order valence-corrected chi connectivity index (χ0v) is 15.0. The average Bonchev–Trinajstić information content (AvgIpc) is 2.59. The van der Waals surface area contributed by atoms with Crippen LogP contribution in [0.1, 0.15) is 31.7 Å². The Kier molecular flexibility index (Phi) is 7.02. The molecular formula is C18H19F3O4S. The maximum Gasteiger partial charge on any atom is 0.293 e. The molecule has 0 amide bonds. The van der Waals surface area contributed by atoms with Crippen LogP contribution in [0.4, 0.5) is 13.2 Å². The molecule has 1 aromatic carbocycles. The summed E-state index contributed by atoms with van der Waals surface area (Å²) in [6.07, 6.45) is 0.159. The Balaban J connectivity index is 2.08. The number of carbonyl (C=O) groups excluding carboxylic acids is 1. The van der Waals surface area contributed by atoms with Crippen molar-refractivity contribution in [2.24, 2.45) is 0 Å². The van der Waals surface area contributed by atoms with Crippen LogP contribution in [-0.4, -0.2) is 25.6 Å². The fourth-order valence-electron chi connectivity index (χ4n) is 2.51. The zero-order chi connectivity index (χ0) is 19.2. The molecule has 2 aromatic rings. The maximum atomic E-state index is 14.1. The van der Waals surface area contributed by atoms with Crippen molar-refractivity contribution < 1.29 is 31.9 Å². The summed E-state index contributed by atoms with van der Waals surface area (Å²) in [5.41, 5.74) is 0.829. The van der Waals surface area contributed by atoms with Gasteiger partial charge in [0.2, 0.25) is 4.71 Å². The highest BCUT2D eigenvalue weighted by atomic mass is 32.1. The predicted octanol–water partition coefficient (Wildman–Crippen LogP) is 5.22. The molecule has 1 heterocycles. The summed E-state index contributed by atoms with van der Waals surface area (Å²) >= 11 is 4.89. The molecule has 0 unspecified atom stereocenters. The summed E-state index contributed by atoms with van der Waals surface area (Å²) in [5.74, 6) is -3.22. The second-order valence-corrected chi connectivity index (χ2v) is 6.13. The minimum atomic E-state index is -3.00. The van der Waals surface area contributed by atoms with E-state index in [-0.39, 0.29) is 24.4 Å². The molecule has 0 aliphatic heterocycles. The molecule has 0 aliphatic carbocycles. The number of ether oxygens (including phenoxy) is 2. The summed E-state index contributed by atoms with van der Waals surface area (Å²) in [5, 5.41) is 0.585. The first kappa shape index (κ1) is 20.2. The third kappa shape index (κ3) is 5.20. The van der Waals surface area contributed by atoms with Crippen LogP contribution >= 0.6 is 12.2 Å². The lowest BCUT2D eigenvalue weighted by Gasteiger charge is -2.16. The van der Waals surface area contributed by atoms with Crippen molar-refractivity contribution in [1.29, 1.82) is 0 Å². The van der Waals surface area contributed by atoms with Gasteiger partial charge in [0.15, 0.2) is 5.82 Å². The fourth-order valence-corrected chi connectivity index (χ4v) is 2.72. The molecule has 0 saturated heterocycles. The second-order valence-electron chi connectivity index (χ2n) is 5.76. The van der Waals surface area contributed by atoms with Crippen LogP contribution in [0.25, 0.3) is 11.0 Å². The smallest absolute Gasteiger partial charge is 0.293 e. The van der Waals surface area contributed by atoms with Gasteiger partial charge in [-0.15, -0.1) is 0 Å². The zero-order valence-electron chi connectivity index (χ0n) is 14.2.